The first kappa shape index (κ1) is 19.9. The monoisotopic (exact) mass is 424 g/mol. The highest BCUT2D eigenvalue weighted by Crippen LogP contribution is 2.29. The van der Waals surface area contributed by atoms with Gasteiger partial charge in [-0.3, -0.25) is 14.7 Å². The molecule has 1 aliphatic heterocycles. The molecule has 0 saturated carbocycles. The van der Waals surface area contributed by atoms with E-state index in [4.69, 9.17) is 32.7 Å². The number of hydrogen-bond acceptors (Lipinski definition) is 5. The van der Waals surface area contributed by atoms with E-state index in [1.807, 2.05) is 12.1 Å². The Morgan fingerprint density at radius 2 is 1.96 bits per heavy atom. The van der Waals surface area contributed by atoms with Crippen molar-refractivity contribution in [1.82, 2.24) is 4.90 Å². The second kappa shape index (κ2) is 8.87. The Morgan fingerprint density at radius 3 is 2.67 bits per heavy atom. The molecule has 1 aliphatic rings. The fourth-order valence-electron chi connectivity index (χ4n) is 2.64. The minimum atomic E-state index is -0.146. The van der Waals surface area contributed by atoms with Crippen LogP contribution in [-0.2, 0) is 5.75 Å². The Morgan fingerprint density at radius 1 is 1.15 bits per heavy atom. The molecule has 0 radical (unpaired) electrons. The van der Waals surface area contributed by atoms with Gasteiger partial charge in [0.05, 0.1) is 36.4 Å². The van der Waals surface area contributed by atoms with Crippen molar-refractivity contribution in [2.24, 2.45) is 4.99 Å². The number of carbonyl (C=O) groups is 1. The lowest BCUT2D eigenvalue weighted by Crippen LogP contribution is -2.33. The van der Waals surface area contributed by atoms with Crippen LogP contribution in [-0.4, -0.2) is 43.3 Å². The Balaban J connectivity index is 1.73. The Hall–Kier alpha value is -1.89. The number of nitrogens with zero attached hydrogens (tertiary/aromatic N) is 2. The Labute approximate surface area is 172 Å². The molecule has 0 fully saturated rings. The van der Waals surface area contributed by atoms with Crippen LogP contribution >= 0.6 is 35.0 Å². The van der Waals surface area contributed by atoms with Gasteiger partial charge in [0.15, 0.2) is 5.17 Å². The summed E-state index contributed by atoms with van der Waals surface area (Å²) in [5.41, 5.74) is 1.49. The molecule has 1 heterocycles. The zero-order valence-electron chi connectivity index (χ0n) is 14.9. The van der Waals surface area contributed by atoms with Crippen LogP contribution in [0.4, 0.5) is 0 Å². The highest BCUT2D eigenvalue weighted by Gasteiger charge is 2.27. The molecule has 3 rings (SSSR count). The number of ether oxygens (including phenoxy) is 2. The summed E-state index contributed by atoms with van der Waals surface area (Å²) >= 11 is 13.5. The molecule has 5 nitrogen and oxygen atoms in total. The summed E-state index contributed by atoms with van der Waals surface area (Å²) < 4.78 is 10.5. The maximum atomic E-state index is 13.0. The first-order chi connectivity index (χ1) is 13.0. The number of carbonyl (C=O) groups excluding carboxylic acids is 1. The fraction of sp³-hybridized carbons (Fsp3) is 0.263. The number of thioether (sulfide) groups is 1. The number of rotatable bonds is 5. The van der Waals surface area contributed by atoms with Crippen LogP contribution in [0.1, 0.15) is 15.9 Å². The number of amides is 1. The van der Waals surface area contributed by atoms with Crippen molar-refractivity contribution in [3.8, 4) is 11.5 Å². The molecule has 0 atom stereocenters. The molecule has 142 valence electrons. The molecule has 27 heavy (non-hydrogen) atoms. The van der Waals surface area contributed by atoms with Crippen LogP contribution in [0, 0.1) is 0 Å². The molecule has 0 N–H and O–H groups in total. The summed E-state index contributed by atoms with van der Waals surface area (Å²) in [6, 6.07) is 10.6. The summed E-state index contributed by atoms with van der Waals surface area (Å²) in [7, 11) is 3.10. The van der Waals surface area contributed by atoms with Gasteiger partial charge in [0, 0.05) is 18.4 Å². The molecule has 0 bridgehead atoms. The average molecular weight is 425 g/mol. The van der Waals surface area contributed by atoms with E-state index in [9.17, 15) is 4.79 Å². The molecule has 0 aromatic heterocycles. The predicted octanol–water partition coefficient (Wildman–Crippen LogP) is 4.76. The minimum Gasteiger partial charge on any atom is -0.497 e. The lowest BCUT2D eigenvalue weighted by atomic mass is 10.1. The van der Waals surface area contributed by atoms with E-state index in [2.05, 4.69) is 4.99 Å². The number of aliphatic imine (C=N–C) groups is 1. The second-order valence-corrected chi connectivity index (χ2v) is 7.48. The van der Waals surface area contributed by atoms with Crippen molar-refractivity contribution in [1.29, 1.82) is 0 Å². The summed E-state index contributed by atoms with van der Waals surface area (Å²) in [6.07, 6.45) is 0. The van der Waals surface area contributed by atoms with E-state index in [-0.39, 0.29) is 5.91 Å². The number of methoxy groups -OCH3 is 2. The van der Waals surface area contributed by atoms with Gasteiger partial charge < -0.3 is 9.47 Å². The van der Waals surface area contributed by atoms with Crippen LogP contribution in [0.5, 0.6) is 11.5 Å². The van der Waals surface area contributed by atoms with E-state index >= 15 is 0 Å². The molecule has 1 amide bonds. The molecule has 0 saturated heterocycles. The molecule has 0 spiro atoms. The normalized spacial score (nSPS) is 13.5. The number of benzene rings is 2. The van der Waals surface area contributed by atoms with Crippen molar-refractivity contribution in [2.45, 2.75) is 5.75 Å². The number of halogens is 2. The maximum absolute atomic E-state index is 13.0. The first-order valence-corrected chi connectivity index (χ1v) is 9.92. The summed E-state index contributed by atoms with van der Waals surface area (Å²) in [6.45, 7) is 1.12. The van der Waals surface area contributed by atoms with Gasteiger partial charge in [-0.1, -0.05) is 41.0 Å². The highest BCUT2D eigenvalue weighted by molar-refractivity contribution is 8.13. The molecule has 2 aromatic rings. The summed E-state index contributed by atoms with van der Waals surface area (Å²) in [5.74, 6) is 1.60. The van der Waals surface area contributed by atoms with Crippen molar-refractivity contribution in [3.63, 3.8) is 0 Å². The van der Waals surface area contributed by atoms with Gasteiger partial charge in [-0.25, -0.2) is 0 Å². The molecule has 0 aliphatic carbocycles. The fourth-order valence-corrected chi connectivity index (χ4v) is 3.95. The topological polar surface area (TPSA) is 51.1 Å². The zero-order chi connectivity index (χ0) is 19.4. The third-order valence-electron chi connectivity index (χ3n) is 4.04. The molecule has 2 aromatic carbocycles. The standard InChI is InChI=1S/C19H18Cl2N2O3S/c1-25-13-4-5-14(17(10-13)26-2)18(24)23-8-7-22-19(23)27-11-12-3-6-15(20)16(21)9-12/h3-6,9-10H,7-8,11H2,1-2H3. The van der Waals surface area contributed by atoms with Crippen molar-refractivity contribution in [2.75, 3.05) is 27.3 Å². The van der Waals surface area contributed by atoms with E-state index < -0.39 is 0 Å². The van der Waals surface area contributed by atoms with Gasteiger partial charge in [-0.2, -0.15) is 0 Å². The van der Waals surface area contributed by atoms with E-state index in [1.165, 1.54) is 18.9 Å². The quantitative estimate of drug-likeness (QED) is 0.694. The lowest BCUT2D eigenvalue weighted by Gasteiger charge is -2.19. The lowest BCUT2D eigenvalue weighted by molar-refractivity contribution is 0.0857. The smallest absolute Gasteiger partial charge is 0.263 e. The maximum Gasteiger partial charge on any atom is 0.263 e. The van der Waals surface area contributed by atoms with Gasteiger partial charge in [0.2, 0.25) is 0 Å². The summed E-state index contributed by atoms with van der Waals surface area (Å²) in [4.78, 5) is 19.2. The summed E-state index contributed by atoms with van der Waals surface area (Å²) in [5, 5.41) is 1.72. The number of amidine groups is 1. The highest BCUT2D eigenvalue weighted by atomic mass is 35.5. The van der Waals surface area contributed by atoms with Crippen molar-refractivity contribution >= 4 is 46.0 Å². The van der Waals surface area contributed by atoms with Crippen LogP contribution in [0.2, 0.25) is 10.0 Å². The molecule has 0 unspecified atom stereocenters. The van der Waals surface area contributed by atoms with Crippen LogP contribution in [0.3, 0.4) is 0 Å². The Bertz CT molecular complexity index is 889. The van der Waals surface area contributed by atoms with Gasteiger partial charge in [-0.05, 0) is 29.8 Å². The second-order valence-electron chi connectivity index (χ2n) is 5.72. The third-order valence-corrected chi connectivity index (χ3v) is 5.86. The average Bonchev–Trinajstić information content (AvgIpc) is 3.16. The van der Waals surface area contributed by atoms with Gasteiger partial charge in [0.1, 0.15) is 11.5 Å². The van der Waals surface area contributed by atoms with E-state index in [0.29, 0.717) is 51.1 Å². The minimum absolute atomic E-state index is 0.146. The predicted molar refractivity (Wildman–Crippen MR) is 111 cm³/mol. The molecular weight excluding hydrogens is 407 g/mol. The SMILES string of the molecule is COc1ccc(C(=O)N2CCN=C2SCc2ccc(Cl)c(Cl)c2)c(OC)c1. The van der Waals surface area contributed by atoms with Crippen LogP contribution < -0.4 is 9.47 Å². The number of hydrogen-bond donors (Lipinski definition) is 0. The van der Waals surface area contributed by atoms with E-state index in [1.54, 1.807) is 36.3 Å². The molecule has 8 heteroatoms. The van der Waals surface area contributed by atoms with Crippen LogP contribution in [0.15, 0.2) is 41.4 Å². The van der Waals surface area contributed by atoms with Gasteiger partial charge >= 0.3 is 0 Å². The molecular formula is C19H18Cl2N2O3S. The largest absolute Gasteiger partial charge is 0.497 e. The van der Waals surface area contributed by atoms with Crippen LogP contribution in [0.25, 0.3) is 0 Å². The van der Waals surface area contributed by atoms with E-state index in [0.717, 1.165) is 5.56 Å². The van der Waals surface area contributed by atoms with Crippen molar-refractivity contribution in [3.05, 3.63) is 57.6 Å². The van der Waals surface area contributed by atoms with Gasteiger partial charge in [-0.15, -0.1) is 0 Å². The van der Waals surface area contributed by atoms with Crippen molar-refractivity contribution < 1.29 is 14.3 Å². The Kier molecular flexibility index (Phi) is 6.52. The first-order valence-electron chi connectivity index (χ1n) is 8.18. The third kappa shape index (κ3) is 4.51. The van der Waals surface area contributed by atoms with Gasteiger partial charge in [0.25, 0.3) is 5.91 Å². The zero-order valence-corrected chi connectivity index (χ0v) is 17.2.